The molecule has 0 unspecified atom stereocenters. The Morgan fingerprint density at radius 3 is 3.17 bits per heavy atom. The number of carbonyl (C=O) groups excluding carboxylic acids is 1. The highest BCUT2D eigenvalue weighted by molar-refractivity contribution is 5.94. The van der Waals surface area contributed by atoms with Gasteiger partial charge in [0.2, 0.25) is 0 Å². The first-order valence-corrected chi connectivity index (χ1v) is 7.67. The largest absolute Gasteiger partial charge is 0.493 e. The van der Waals surface area contributed by atoms with Gasteiger partial charge in [-0.2, -0.15) is 0 Å². The van der Waals surface area contributed by atoms with Crippen LogP contribution < -0.4 is 10.1 Å². The lowest BCUT2D eigenvalue weighted by atomic mass is 10.1. The van der Waals surface area contributed by atoms with Gasteiger partial charge >= 0.3 is 0 Å². The highest BCUT2D eigenvalue weighted by Crippen LogP contribution is 2.25. The van der Waals surface area contributed by atoms with E-state index in [1.807, 2.05) is 48.0 Å². The third-order valence-electron chi connectivity index (χ3n) is 4.05. The van der Waals surface area contributed by atoms with Crippen LogP contribution >= 0.6 is 0 Å². The van der Waals surface area contributed by atoms with Crippen molar-refractivity contribution in [2.75, 3.05) is 6.61 Å². The maximum absolute atomic E-state index is 12.3. The monoisotopic (exact) mass is 307 g/mol. The molecule has 0 saturated heterocycles. The zero-order chi connectivity index (χ0) is 15.8. The van der Waals surface area contributed by atoms with E-state index in [0.717, 1.165) is 29.1 Å². The van der Waals surface area contributed by atoms with Crippen molar-refractivity contribution in [2.24, 2.45) is 0 Å². The van der Waals surface area contributed by atoms with E-state index in [1.165, 1.54) is 5.56 Å². The molecule has 5 heteroatoms. The number of hydrogen-bond acceptors (Lipinski definition) is 3. The molecule has 3 heterocycles. The number of hydrogen-bond donors (Lipinski definition) is 1. The molecule has 23 heavy (non-hydrogen) atoms. The molecule has 0 spiro atoms. The van der Waals surface area contributed by atoms with Crippen molar-refractivity contribution in [2.45, 2.75) is 19.9 Å². The second kappa shape index (κ2) is 5.43. The summed E-state index contributed by atoms with van der Waals surface area (Å²) in [5.74, 6) is 0.796. The van der Waals surface area contributed by atoms with Gasteiger partial charge < -0.3 is 14.5 Å². The van der Waals surface area contributed by atoms with E-state index in [9.17, 15) is 4.79 Å². The summed E-state index contributed by atoms with van der Waals surface area (Å²) in [6.45, 7) is 3.14. The van der Waals surface area contributed by atoms with Crippen molar-refractivity contribution in [3.63, 3.8) is 0 Å². The van der Waals surface area contributed by atoms with Crippen LogP contribution in [0, 0.1) is 6.92 Å². The van der Waals surface area contributed by atoms with Crippen molar-refractivity contribution >= 4 is 11.6 Å². The molecule has 0 bridgehead atoms. The topological polar surface area (TPSA) is 55.6 Å². The summed E-state index contributed by atoms with van der Waals surface area (Å²) in [6.07, 6.45) is 4.78. The van der Waals surface area contributed by atoms with Gasteiger partial charge in [-0.25, -0.2) is 4.98 Å². The van der Waals surface area contributed by atoms with Crippen LogP contribution in [0.25, 0.3) is 5.65 Å². The minimum absolute atomic E-state index is 0.0899. The number of rotatable bonds is 3. The standard InChI is InChI=1S/C18H17N3O2/c1-12-4-6-21-11-15(20-17(21)8-12)10-19-18(22)14-2-3-16-13(9-14)5-7-23-16/h2-4,6,8-9,11H,5,7,10H2,1H3,(H,19,22). The molecule has 0 radical (unpaired) electrons. The molecule has 1 N–H and O–H groups in total. The number of nitrogens with one attached hydrogen (secondary N) is 1. The van der Waals surface area contributed by atoms with Gasteiger partial charge in [0, 0.05) is 24.4 Å². The summed E-state index contributed by atoms with van der Waals surface area (Å²) in [5, 5.41) is 2.93. The zero-order valence-corrected chi connectivity index (χ0v) is 12.9. The highest BCUT2D eigenvalue weighted by Gasteiger charge is 2.15. The molecule has 1 aromatic carbocycles. The maximum Gasteiger partial charge on any atom is 0.251 e. The predicted octanol–water partition coefficient (Wildman–Crippen LogP) is 2.51. The Labute approximate surface area is 133 Å². The minimum atomic E-state index is -0.0899. The SMILES string of the molecule is Cc1ccn2cc(CNC(=O)c3ccc4c(c3)CCO4)nc2c1. The summed E-state index contributed by atoms with van der Waals surface area (Å²) < 4.78 is 7.42. The van der Waals surface area contributed by atoms with Gasteiger partial charge in [0.15, 0.2) is 0 Å². The maximum atomic E-state index is 12.3. The van der Waals surface area contributed by atoms with E-state index in [1.54, 1.807) is 6.07 Å². The number of benzene rings is 1. The van der Waals surface area contributed by atoms with E-state index in [-0.39, 0.29) is 5.91 Å². The Balaban J connectivity index is 1.48. The quantitative estimate of drug-likeness (QED) is 0.809. The number of amides is 1. The van der Waals surface area contributed by atoms with Gasteiger partial charge in [-0.05, 0) is 48.4 Å². The Morgan fingerprint density at radius 1 is 1.35 bits per heavy atom. The van der Waals surface area contributed by atoms with Crippen LogP contribution in [0.2, 0.25) is 0 Å². The highest BCUT2D eigenvalue weighted by atomic mass is 16.5. The second-order valence-electron chi connectivity index (χ2n) is 5.81. The lowest BCUT2D eigenvalue weighted by molar-refractivity contribution is 0.0950. The number of carbonyl (C=O) groups is 1. The van der Waals surface area contributed by atoms with Gasteiger partial charge in [-0.1, -0.05) is 0 Å². The van der Waals surface area contributed by atoms with Crippen molar-refractivity contribution in [1.29, 1.82) is 0 Å². The molecule has 0 atom stereocenters. The average Bonchev–Trinajstić information content (AvgIpc) is 3.17. The van der Waals surface area contributed by atoms with E-state index in [4.69, 9.17) is 4.74 Å². The molecule has 2 aromatic heterocycles. The molecule has 1 aliphatic rings. The van der Waals surface area contributed by atoms with Crippen LogP contribution in [-0.2, 0) is 13.0 Å². The summed E-state index contributed by atoms with van der Waals surface area (Å²) in [4.78, 5) is 16.8. The van der Waals surface area contributed by atoms with Crippen LogP contribution in [0.1, 0.15) is 27.2 Å². The fourth-order valence-electron chi connectivity index (χ4n) is 2.82. The molecule has 3 aromatic rings. The molecule has 1 aliphatic heterocycles. The first-order chi connectivity index (χ1) is 11.2. The number of aromatic nitrogens is 2. The van der Waals surface area contributed by atoms with Crippen molar-refractivity contribution < 1.29 is 9.53 Å². The Hall–Kier alpha value is -2.82. The van der Waals surface area contributed by atoms with Gasteiger partial charge in [0.05, 0.1) is 18.8 Å². The summed E-state index contributed by atoms with van der Waals surface area (Å²) in [7, 11) is 0. The zero-order valence-electron chi connectivity index (χ0n) is 12.9. The van der Waals surface area contributed by atoms with Crippen molar-refractivity contribution in [3.05, 3.63) is 65.1 Å². The number of ether oxygens (including phenoxy) is 1. The molecule has 0 saturated carbocycles. The third-order valence-corrected chi connectivity index (χ3v) is 4.05. The molecule has 1 amide bonds. The number of pyridine rings is 1. The van der Waals surface area contributed by atoms with E-state index in [0.29, 0.717) is 18.7 Å². The Bertz CT molecular complexity index is 898. The van der Waals surface area contributed by atoms with E-state index in [2.05, 4.69) is 10.3 Å². The molecule has 4 rings (SSSR count). The van der Waals surface area contributed by atoms with Crippen LogP contribution in [-0.4, -0.2) is 21.9 Å². The first-order valence-electron chi connectivity index (χ1n) is 7.67. The molecule has 0 fully saturated rings. The molecular weight excluding hydrogens is 290 g/mol. The average molecular weight is 307 g/mol. The molecule has 116 valence electrons. The summed E-state index contributed by atoms with van der Waals surface area (Å²) in [6, 6.07) is 9.62. The van der Waals surface area contributed by atoms with Crippen LogP contribution in [0.3, 0.4) is 0 Å². The van der Waals surface area contributed by atoms with Crippen molar-refractivity contribution in [1.82, 2.24) is 14.7 Å². The van der Waals surface area contributed by atoms with Gasteiger partial charge in [0.1, 0.15) is 11.4 Å². The van der Waals surface area contributed by atoms with Crippen LogP contribution in [0.5, 0.6) is 5.75 Å². The van der Waals surface area contributed by atoms with Crippen molar-refractivity contribution in [3.8, 4) is 5.75 Å². The summed E-state index contributed by atoms with van der Waals surface area (Å²) >= 11 is 0. The molecule has 5 nitrogen and oxygen atoms in total. The number of fused-ring (bicyclic) bond motifs is 2. The molecular formula is C18H17N3O2. The predicted molar refractivity (Wildman–Crippen MR) is 86.7 cm³/mol. The minimum Gasteiger partial charge on any atom is -0.493 e. The fraction of sp³-hybridized carbons (Fsp3) is 0.222. The van der Waals surface area contributed by atoms with E-state index < -0.39 is 0 Å². The second-order valence-corrected chi connectivity index (χ2v) is 5.81. The lowest BCUT2D eigenvalue weighted by Gasteiger charge is -2.05. The number of aryl methyl sites for hydroxylation is 1. The van der Waals surface area contributed by atoms with Gasteiger partial charge in [0.25, 0.3) is 5.91 Å². The van der Waals surface area contributed by atoms with Gasteiger partial charge in [-0.15, -0.1) is 0 Å². The first kappa shape index (κ1) is 13.8. The molecule has 0 aliphatic carbocycles. The lowest BCUT2D eigenvalue weighted by Crippen LogP contribution is -2.23. The third kappa shape index (κ3) is 2.65. The summed E-state index contributed by atoms with van der Waals surface area (Å²) in [5.41, 5.74) is 4.66. The van der Waals surface area contributed by atoms with E-state index >= 15 is 0 Å². The smallest absolute Gasteiger partial charge is 0.251 e. The fourth-order valence-corrected chi connectivity index (χ4v) is 2.82. The number of nitrogens with zero attached hydrogens (tertiary/aromatic N) is 2. The Morgan fingerprint density at radius 2 is 2.26 bits per heavy atom. The van der Waals surface area contributed by atoms with Gasteiger partial charge in [-0.3, -0.25) is 4.79 Å². The Kier molecular flexibility index (Phi) is 3.26. The number of imidazole rings is 1. The normalized spacial score (nSPS) is 12.9. The van der Waals surface area contributed by atoms with Crippen LogP contribution in [0.4, 0.5) is 0 Å². The van der Waals surface area contributed by atoms with Crippen LogP contribution in [0.15, 0.2) is 42.7 Å².